The summed E-state index contributed by atoms with van der Waals surface area (Å²) < 4.78 is 5.11. The number of nitrogens with one attached hydrogen (secondary N) is 1. The van der Waals surface area contributed by atoms with Crippen LogP contribution in [0.2, 0.25) is 0 Å². The first-order chi connectivity index (χ1) is 9.38. The molecule has 0 spiro atoms. The molecule has 2 rings (SSSR count). The smallest absolute Gasteiger partial charge is 0.118 e. The van der Waals surface area contributed by atoms with Crippen molar-refractivity contribution in [2.24, 2.45) is 4.99 Å². The summed E-state index contributed by atoms with van der Waals surface area (Å²) in [4.78, 5) is 4.38. The molecule has 2 aromatic carbocycles. The van der Waals surface area contributed by atoms with Crippen molar-refractivity contribution in [3.8, 4) is 5.75 Å². The highest BCUT2D eigenvalue weighted by molar-refractivity contribution is 5.79. The molecular weight excluding hydrogens is 236 g/mol. The van der Waals surface area contributed by atoms with E-state index < -0.39 is 0 Å². The molecule has 0 saturated carbocycles. The SMILES string of the molecule is COc1ccc(C=NCCNc2ccccc2)cc1. The van der Waals surface area contributed by atoms with Crippen LogP contribution in [0, 0.1) is 0 Å². The van der Waals surface area contributed by atoms with Gasteiger partial charge in [-0.25, -0.2) is 0 Å². The van der Waals surface area contributed by atoms with Crippen molar-refractivity contribution in [2.75, 3.05) is 25.5 Å². The van der Waals surface area contributed by atoms with Crippen LogP contribution < -0.4 is 10.1 Å². The minimum absolute atomic E-state index is 0.751. The van der Waals surface area contributed by atoms with Crippen molar-refractivity contribution in [1.29, 1.82) is 0 Å². The second-order valence-electron chi connectivity index (χ2n) is 4.10. The topological polar surface area (TPSA) is 33.6 Å². The molecule has 0 aliphatic heterocycles. The van der Waals surface area contributed by atoms with E-state index in [9.17, 15) is 0 Å². The van der Waals surface area contributed by atoms with Gasteiger partial charge in [-0.05, 0) is 42.0 Å². The van der Waals surface area contributed by atoms with Crippen molar-refractivity contribution >= 4 is 11.9 Å². The van der Waals surface area contributed by atoms with Crippen molar-refractivity contribution in [3.05, 3.63) is 60.2 Å². The van der Waals surface area contributed by atoms with Crippen LogP contribution in [0.15, 0.2) is 59.6 Å². The van der Waals surface area contributed by atoms with Crippen LogP contribution in [0.3, 0.4) is 0 Å². The fourth-order valence-electron chi connectivity index (χ4n) is 1.68. The highest BCUT2D eigenvalue weighted by atomic mass is 16.5. The molecule has 0 aliphatic carbocycles. The van der Waals surface area contributed by atoms with E-state index in [4.69, 9.17) is 4.74 Å². The number of hydrogen-bond acceptors (Lipinski definition) is 3. The first kappa shape index (κ1) is 13.1. The number of hydrogen-bond donors (Lipinski definition) is 1. The maximum absolute atomic E-state index is 5.11. The van der Waals surface area contributed by atoms with Crippen molar-refractivity contribution in [1.82, 2.24) is 0 Å². The number of aliphatic imine (C=N–C) groups is 1. The van der Waals surface area contributed by atoms with E-state index in [1.54, 1.807) is 7.11 Å². The highest BCUT2D eigenvalue weighted by Gasteiger charge is 1.91. The molecule has 0 unspecified atom stereocenters. The Morgan fingerprint density at radius 1 is 1.05 bits per heavy atom. The van der Waals surface area contributed by atoms with E-state index in [-0.39, 0.29) is 0 Å². The van der Waals surface area contributed by atoms with Crippen LogP contribution in [0.25, 0.3) is 0 Å². The van der Waals surface area contributed by atoms with E-state index in [1.165, 1.54) is 0 Å². The van der Waals surface area contributed by atoms with Crippen molar-refractivity contribution < 1.29 is 4.74 Å². The molecule has 0 bridgehead atoms. The number of ether oxygens (including phenoxy) is 1. The van der Waals surface area contributed by atoms with Gasteiger partial charge in [-0.1, -0.05) is 18.2 Å². The second kappa shape index (κ2) is 7.21. The Balaban J connectivity index is 1.74. The summed E-state index contributed by atoms with van der Waals surface area (Å²) in [6, 6.07) is 18.0. The van der Waals surface area contributed by atoms with Gasteiger partial charge in [0, 0.05) is 18.4 Å². The van der Waals surface area contributed by atoms with Crippen LogP contribution >= 0.6 is 0 Å². The summed E-state index contributed by atoms with van der Waals surface area (Å²) in [6.07, 6.45) is 1.88. The first-order valence-corrected chi connectivity index (χ1v) is 6.31. The molecule has 0 atom stereocenters. The Kier molecular flexibility index (Phi) is 4.99. The molecule has 98 valence electrons. The summed E-state index contributed by atoms with van der Waals surface area (Å²) in [5.74, 6) is 0.864. The normalized spacial score (nSPS) is 10.6. The van der Waals surface area contributed by atoms with E-state index in [0.29, 0.717) is 0 Å². The number of para-hydroxylation sites is 1. The standard InChI is InChI=1S/C16H18N2O/c1-19-16-9-7-14(8-10-16)13-17-11-12-18-15-5-3-2-4-6-15/h2-10,13,18H,11-12H2,1H3. The van der Waals surface area contributed by atoms with Gasteiger partial charge < -0.3 is 10.1 Å². The number of methoxy groups -OCH3 is 1. The highest BCUT2D eigenvalue weighted by Crippen LogP contribution is 2.09. The summed E-state index contributed by atoms with van der Waals surface area (Å²) in [6.45, 7) is 1.58. The molecule has 0 fully saturated rings. The molecule has 0 aromatic heterocycles. The maximum Gasteiger partial charge on any atom is 0.118 e. The van der Waals surface area contributed by atoms with E-state index in [0.717, 1.165) is 30.1 Å². The Hall–Kier alpha value is -2.29. The van der Waals surface area contributed by atoms with E-state index in [1.807, 2.05) is 60.8 Å². The molecule has 0 amide bonds. The number of rotatable bonds is 6. The zero-order valence-electron chi connectivity index (χ0n) is 11.0. The van der Waals surface area contributed by atoms with Gasteiger partial charge in [-0.2, -0.15) is 0 Å². The van der Waals surface area contributed by atoms with Crippen LogP contribution in [-0.2, 0) is 0 Å². The Morgan fingerprint density at radius 2 is 1.79 bits per heavy atom. The van der Waals surface area contributed by atoms with E-state index >= 15 is 0 Å². The third-order valence-corrected chi connectivity index (χ3v) is 2.70. The zero-order valence-corrected chi connectivity index (χ0v) is 11.0. The minimum Gasteiger partial charge on any atom is -0.497 e. The lowest BCUT2D eigenvalue weighted by Gasteiger charge is -2.03. The number of benzene rings is 2. The monoisotopic (exact) mass is 254 g/mol. The molecule has 3 heteroatoms. The van der Waals surface area contributed by atoms with E-state index in [2.05, 4.69) is 10.3 Å². The second-order valence-corrected chi connectivity index (χ2v) is 4.10. The van der Waals surface area contributed by atoms with Gasteiger partial charge in [0.2, 0.25) is 0 Å². The van der Waals surface area contributed by atoms with Gasteiger partial charge in [0.05, 0.1) is 13.7 Å². The third-order valence-electron chi connectivity index (χ3n) is 2.70. The fourth-order valence-corrected chi connectivity index (χ4v) is 1.68. The molecule has 2 aromatic rings. The molecule has 0 radical (unpaired) electrons. The predicted octanol–water partition coefficient (Wildman–Crippen LogP) is 3.23. The van der Waals surface area contributed by atoms with Gasteiger partial charge in [-0.3, -0.25) is 4.99 Å². The Morgan fingerprint density at radius 3 is 2.47 bits per heavy atom. The molecule has 0 heterocycles. The maximum atomic E-state index is 5.11. The van der Waals surface area contributed by atoms with Gasteiger partial charge >= 0.3 is 0 Å². The lowest BCUT2D eigenvalue weighted by molar-refractivity contribution is 0.415. The number of nitrogens with zero attached hydrogens (tertiary/aromatic N) is 1. The quantitative estimate of drug-likeness (QED) is 0.634. The summed E-state index contributed by atoms with van der Waals surface area (Å²) in [5, 5.41) is 3.32. The van der Waals surface area contributed by atoms with Crippen molar-refractivity contribution in [3.63, 3.8) is 0 Å². The van der Waals surface area contributed by atoms with Crippen LogP contribution in [-0.4, -0.2) is 26.4 Å². The Labute approximate surface area is 114 Å². The zero-order chi connectivity index (χ0) is 13.3. The van der Waals surface area contributed by atoms with Crippen molar-refractivity contribution in [2.45, 2.75) is 0 Å². The van der Waals surface area contributed by atoms with Gasteiger partial charge in [-0.15, -0.1) is 0 Å². The Bertz CT molecular complexity index is 506. The lowest BCUT2D eigenvalue weighted by atomic mass is 10.2. The average molecular weight is 254 g/mol. The molecular formula is C16H18N2O. The van der Waals surface area contributed by atoms with Crippen LogP contribution in [0.4, 0.5) is 5.69 Å². The summed E-state index contributed by atoms with van der Waals surface area (Å²) in [7, 11) is 1.67. The largest absolute Gasteiger partial charge is 0.497 e. The summed E-state index contributed by atoms with van der Waals surface area (Å²) >= 11 is 0. The fraction of sp³-hybridized carbons (Fsp3) is 0.188. The number of anilines is 1. The first-order valence-electron chi connectivity index (χ1n) is 6.31. The van der Waals surface area contributed by atoms with Crippen LogP contribution in [0.1, 0.15) is 5.56 Å². The lowest BCUT2D eigenvalue weighted by Crippen LogP contribution is -2.04. The van der Waals surface area contributed by atoms with Gasteiger partial charge in [0.15, 0.2) is 0 Å². The third kappa shape index (κ3) is 4.47. The molecule has 3 nitrogen and oxygen atoms in total. The van der Waals surface area contributed by atoms with Crippen LogP contribution in [0.5, 0.6) is 5.75 Å². The predicted molar refractivity (Wildman–Crippen MR) is 80.4 cm³/mol. The average Bonchev–Trinajstić information content (AvgIpc) is 2.49. The summed E-state index contributed by atoms with van der Waals surface area (Å²) in [5.41, 5.74) is 2.21. The van der Waals surface area contributed by atoms with Gasteiger partial charge in [0.1, 0.15) is 5.75 Å². The van der Waals surface area contributed by atoms with Gasteiger partial charge in [0.25, 0.3) is 0 Å². The molecule has 19 heavy (non-hydrogen) atoms. The molecule has 0 saturated heterocycles. The molecule has 1 N–H and O–H groups in total. The molecule has 0 aliphatic rings. The minimum atomic E-state index is 0.751.